The van der Waals surface area contributed by atoms with Gasteiger partial charge >= 0.3 is 5.69 Å². The van der Waals surface area contributed by atoms with E-state index in [4.69, 9.17) is 15.6 Å². The zero-order chi connectivity index (χ0) is 17.4. The minimum absolute atomic E-state index is 0.118. The number of halogens is 1. The van der Waals surface area contributed by atoms with Crippen LogP contribution in [0.25, 0.3) is 11.1 Å². The fourth-order valence-electron chi connectivity index (χ4n) is 2.62. The zero-order valence-electron chi connectivity index (χ0n) is 12.4. The third kappa shape index (κ3) is 2.73. The number of aliphatic hydroxyl groups excluding tert-OH is 2. The van der Waals surface area contributed by atoms with Gasteiger partial charge < -0.3 is 20.7 Å². The molecule has 0 unspecified atom stereocenters. The largest absolute Gasteiger partial charge is 0.399 e. The van der Waals surface area contributed by atoms with E-state index in [0.717, 1.165) is 10.8 Å². The highest BCUT2D eigenvalue weighted by Crippen LogP contribution is 2.31. The molecule has 0 aliphatic carbocycles. The predicted octanol–water partition coefficient (Wildman–Crippen LogP) is -0.626. The number of rotatable bonds is 3. The molecular formula is C15H16FN3O5. The summed E-state index contributed by atoms with van der Waals surface area (Å²) < 4.78 is 20.3. The highest BCUT2D eigenvalue weighted by atomic mass is 19.1. The Balaban J connectivity index is 2.07. The minimum atomic E-state index is -1.93. The van der Waals surface area contributed by atoms with E-state index in [2.05, 4.69) is 4.98 Å². The number of nitrogens with zero attached hydrogens (tertiary/aromatic N) is 1. The minimum Gasteiger partial charge on any atom is -0.399 e. The Hall–Kier alpha value is -2.49. The number of aliphatic hydroxyl groups is 2. The van der Waals surface area contributed by atoms with Gasteiger partial charge in [-0.05, 0) is 17.7 Å². The Kier molecular flexibility index (Phi) is 4.22. The molecule has 24 heavy (non-hydrogen) atoms. The lowest BCUT2D eigenvalue weighted by Crippen LogP contribution is -2.36. The maximum absolute atomic E-state index is 14.2. The Morgan fingerprint density at radius 2 is 1.96 bits per heavy atom. The van der Waals surface area contributed by atoms with E-state index in [1.54, 1.807) is 24.3 Å². The second-order valence-corrected chi connectivity index (χ2v) is 5.51. The first-order chi connectivity index (χ1) is 11.4. The normalized spacial score (nSPS) is 26.6. The number of aromatic amines is 1. The fraction of sp³-hybridized carbons (Fsp3) is 0.333. The van der Waals surface area contributed by atoms with Crippen LogP contribution < -0.4 is 17.0 Å². The lowest BCUT2D eigenvalue weighted by Gasteiger charge is -2.16. The quantitative estimate of drug-likeness (QED) is 0.552. The third-order valence-electron chi connectivity index (χ3n) is 3.94. The van der Waals surface area contributed by atoms with E-state index in [1.165, 1.54) is 0 Å². The Labute approximate surface area is 134 Å². The summed E-state index contributed by atoms with van der Waals surface area (Å²) in [7, 11) is 0. The summed E-state index contributed by atoms with van der Waals surface area (Å²) in [6.07, 6.45) is -4.93. The van der Waals surface area contributed by atoms with Gasteiger partial charge in [0, 0.05) is 11.9 Å². The van der Waals surface area contributed by atoms with Gasteiger partial charge in [0.05, 0.1) is 12.2 Å². The topological polar surface area (TPSA) is 131 Å². The number of hydrogen-bond acceptors (Lipinski definition) is 6. The van der Waals surface area contributed by atoms with E-state index >= 15 is 0 Å². The van der Waals surface area contributed by atoms with Crippen molar-refractivity contribution in [1.82, 2.24) is 9.55 Å². The van der Waals surface area contributed by atoms with Gasteiger partial charge in [0.2, 0.25) is 0 Å². The second kappa shape index (κ2) is 6.19. The van der Waals surface area contributed by atoms with Gasteiger partial charge in [-0.1, -0.05) is 12.1 Å². The van der Waals surface area contributed by atoms with Gasteiger partial charge in [0.25, 0.3) is 5.56 Å². The number of benzene rings is 1. The summed E-state index contributed by atoms with van der Waals surface area (Å²) in [6, 6.07) is 6.34. The SMILES string of the molecule is Nc1ccc(-c2cn([C@@H]3O[C@H](CO)[C@@H](O)[C@@H]3F)c(=O)[nH]c2=O)cc1. The van der Waals surface area contributed by atoms with Crippen molar-refractivity contribution in [1.29, 1.82) is 0 Å². The molecule has 4 atom stereocenters. The summed E-state index contributed by atoms with van der Waals surface area (Å²) in [5, 5.41) is 18.8. The molecule has 0 spiro atoms. The predicted molar refractivity (Wildman–Crippen MR) is 83.1 cm³/mol. The van der Waals surface area contributed by atoms with Crippen molar-refractivity contribution >= 4 is 5.69 Å². The molecular weight excluding hydrogens is 321 g/mol. The van der Waals surface area contributed by atoms with Crippen LogP contribution in [-0.2, 0) is 4.74 Å². The number of nitrogens with two attached hydrogens (primary N) is 1. The Bertz CT molecular complexity index is 847. The molecule has 1 aliphatic heterocycles. The Morgan fingerprint density at radius 1 is 1.29 bits per heavy atom. The maximum atomic E-state index is 14.2. The van der Waals surface area contributed by atoms with Crippen molar-refractivity contribution < 1.29 is 19.3 Å². The first-order valence-electron chi connectivity index (χ1n) is 7.22. The van der Waals surface area contributed by atoms with Crippen LogP contribution in [0.3, 0.4) is 0 Å². The molecule has 0 amide bonds. The van der Waals surface area contributed by atoms with Crippen molar-refractivity contribution in [3.63, 3.8) is 0 Å². The summed E-state index contributed by atoms with van der Waals surface area (Å²) in [5.41, 5.74) is 5.17. The monoisotopic (exact) mass is 337 g/mol. The summed E-state index contributed by atoms with van der Waals surface area (Å²) in [5.74, 6) is 0. The van der Waals surface area contributed by atoms with Gasteiger partial charge in [-0.2, -0.15) is 0 Å². The van der Waals surface area contributed by atoms with Gasteiger partial charge in [-0.15, -0.1) is 0 Å². The molecule has 0 bridgehead atoms. The Morgan fingerprint density at radius 3 is 2.54 bits per heavy atom. The molecule has 2 aromatic rings. The van der Waals surface area contributed by atoms with Crippen molar-refractivity contribution in [2.24, 2.45) is 0 Å². The first-order valence-corrected chi connectivity index (χ1v) is 7.22. The van der Waals surface area contributed by atoms with Crippen LogP contribution in [0.2, 0.25) is 0 Å². The number of nitrogen functional groups attached to an aromatic ring is 1. The lowest BCUT2D eigenvalue weighted by molar-refractivity contribution is -0.0491. The molecule has 1 saturated heterocycles. The molecule has 9 heteroatoms. The molecule has 1 fully saturated rings. The average Bonchev–Trinajstić information content (AvgIpc) is 2.84. The van der Waals surface area contributed by atoms with Crippen molar-refractivity contribution in [3.05, 3.63) is 51.3 Å². The molecule has 1 aliphatic rings. The van der Waals surface area contributed by atoms with Crippen LogP contribution in [0.1, 0.15) is 6.23 Å². The van der Waals surface area contributed by atoms with E-state index in [0.29, 0.717) is 11.3 Å². The molecule has 0 radical (unpaired) electrons. The number of anilines is 1. The molecule has 1 aromatic carbocycles. The maximum Gasteiger partial charge on any atom is 0.330 e. The number of aromatic nitrogens is 2. The van der Waals surface area contributed by atoms with E-state index in [9.17, 15) is 19.1 Å². The summed E-state index contributed by atoms with van der Waals surface area (Å²) >= 11 is 0. The molecule has 128 valence electrons. The molecule has 3 rings (SSSR count). The van der Waals surface area contributed by atoms with E-state index in [1.807, 2.05) is 0 Å². The first kappa shape index (κ1) is 16.4. The number of hydrogen-bond donors (Lipinski definition) is 4. The molecule has 8 nitrogen and oxygen atoms in total. The average molecular weight is 337 g/mol. The smallest absolute Gasteiger partial charge is 0.330 e. The van der Waals surface area contributed by atoms with E-state index in [-0.39, 0.29) is 5.56 Å². The summed E-state index contributed by atoms with van der Waals surface area (Å²) in [6.45, 7) is -0.596. The zero-order valence-corrected chi connectivity index (χ0v) is 12.4. The van der Waals surface area contributed by atoms with Crippen LogP contribution in [0.15, 0.2) is 40.1 Å². The van der Waals surface area contributed by atoms with Gasteiger partial charge in [0.1, 0.15) is 12.2 Å². The molecule has 0 saturated carbocycles. The molecule has 5 N–H and O–H groups in total. The van der Waals surface area contributed by atoms with Crippen LogP contribution >= 0.6 is 0 Å². The van der Waals surface area contributed by atoms with Crippen LogP contribution in [0, 0.1) is 0 Å². The highest BCUT2D eigenvalue weighted by molar-refractivity contribution is 5.63. The van der Waals surface area contributed by atoms with E-state index < -0.39 is 42.5 Å². The lowest BCUT2D eigenvalue weighted by atomic mass is 10.1. The number of ether oxygens (including phenoxy) is 1. The van der Waals surface area contributed by atoms with Crippen LogP contribution in [0.5, 0.6) is 0 Å². The standard InChI is InChI=1S/C15H16FN3O5/c16-11-12(21)10(6-20)24-14(11)19-5-9(13(22)18-15(19)23)7-1-3-8(17)4-2-7/h1-5,10-12,14,20-21H,6,17H2,(H,18,22,23)/t10-,11+,12-,14-/m1/s1. The fourth-order valence-corrected chi connectivity index (χ4v) is 2.62. The molecule has 1 aromatic heterocycles. The number of nitrogens with one attached hydrogen (secondary N) is 1. The molecule has 2 heterocycles. The van der Waals surface area contributed by atoms with Gasteiger partial charge in [-0.25, -0.2) is 9.18 Å². The van der Waals surface area contributed by atoms with Crippen LogP contribution in [-0.4, -0.2) is 44.8 Å². The number of H-pyrrole nitrogens is 1. The van der Waals surface area contributed by atoms with Gasteiger partial charge in [0.15, 0.2) is 12.4 Å². The van der Waals surface area contributed by atoms with Crippen molar-refractivity contribution in [2.75, 3.05) is 12.3 Å². The van der Waals surface area contributed by atoms with Gasteiger partial charge in [-0.3, -0.25) is 14.3 Å². The van der Waals surface area contributed by atoms with Crippen molar-refractivity contribution in [2.45, 2.75) is 24.6 Å². The number of alkyl halides is 1. The van der Waals surface area contributed by atoms with Crippen LogP contribution in [0.4, 0.5) is 10.1 Å². The highest BCUT2D eigenvalue weighted by Gasteiger charge is 2.45. The van der Waals surface area contributed by atoms with Crippen molar-refractivity contribution in [3.8, 4) is 11.1 Å². The second-order valence-electron chi connectivity index (χ2n) is 5.51. The third-order valence-corrected chi connectivity index (χ3v) is 3.94. The summed E-state index contributed by atoms with van der Waals surface area (Å²) in [4.78, 5) is 26.1.